The Morgan fingerprint density at radius 2 is 2.18 bits per heavy atom. The van der Waals surface area contributed by atoms with Crippen molar-refractivity contribution in [1.82, 2.24) is 10.3 Å². The van der Waals surface area contributed by atoms with Crippen LogP contribution in [0, 0.1) is 0 Å². The molecule has 17 heavy (non-hydrogen) atoms. The summed E-state index contributed by atoms with van der Waals surface area (Å²) in [7, 11) is 0. The third-order valence-electron chi connectivity index (χ3n) is 1.99. The summed E-state index contributed by atoms with van der Waals surface area (Å²) in [6.45, 7) is 11.3. The highest BCUT2D eigenvalue weighted by molar-refractivity contribution is 7.99. The number of hydrogen-bond donors (Lipinski definition) is 1. The summed E-state index contributed by atoms with van der Waals surface area (Å²) >= 11 is 7.45. The van der Waals surface area contributed by atoms with Crippen LogP contribution in [-0.2, 0) is 0 Å². The fraction of sp³-hybridized carbons (Fsp3) is 0.462. The van der Waals surface area contributed by atoms with Crippen molar-refractivity contribution in [2.24, 2.45) is 0 Å². The lowest BCUT2D eigenvalue weighted by Crippen LogP contribution is -2.37. The van der Waals surface area contributed by atoms with E-state index in [2.05, 4.69) is 37.7 Å². The number of aromatic nitrogens is 1. The van der Waals surface area contributed by atoms with Crippen molar-refractivity contribution >= 4 is 23.4 Å². The summed E-state index contributed by atoms with van der Waals surface area (Å²) in [6.07, 6.45) is 1.67. The first-order chi connectivity index (χ1) is 7.87. The van der Waals surface area contributed by atoms with E-state index in [0.717, 1.165) is 17.3 Å². The van der Waals surface area contributed by atoms with Gasteiger partial charge < -0.3 is 5.32 Å². The van der Waals surface area contributed by atoms with E-state index in [1.807, 2.05) is 12.1 Å². The van der Waals surface area contributed by atoms with Crippen molar-refractivity contribution in [3.63, 3.8) is 0 Å². The third-order valence-corrected chi connectivity index (χ3v) is 3.31. The number of pyridine rings is 1. The van der Waals surface area contributed by atoms with Gasteiger partial charge >= 0.3 is 0 Å². The molecule has 0 unspecified atom stereocenters. The van der Waals surface area contributed by atoms with Gasteiger partial charge in [0, 0.05) is 24.0 Å². The van der Waals surface area contributed by atoms with Gasteiger partial charge in [0.2, 0.25) is 0 Å². The molecule has 94 valence electrons. The molecule has 0 saturated carbocycles. The predicted molar refractivity (Wildman–Crippen MR) is 76.9 cm³/mol. The number of thioether (sulfide) groups is 1. The minimum absolute atomic E-state index is 0.131. The number of nitrogens with one attached hydrogen (secondary N) is 1. The zero-order chi connectivity index (χ0) is 12.9. The molecule has 1 N–H and O–H groups in total. The molecule has 0 aliphatic rings. The molecule has 1 rings (SSSR count). The highest BCUT2D eigenvalue weighted by Gasteiger charge is 2.08. The molecular formula is C13H19ClN2S. The second-order valence-electron chi connectivity index (χ2n) is 4.96. The fourth-order valence-corrected chi connectivity index (χ4v) is 1.92. The largest absolute Gasteiger partial charge is 0.308 e. The van der Waals surface area contributed by atoms with E-state index in [0.29, 0.717) is 5.02 Å². The Balaban J connectivity index is 2.31. The highest BCUT2D eigenvalue weighted by atomic mass is 35.5. The maximum absolute atomic E-state index is 5.77. The van der Waals surface area contributed by atoms with Gasteiger partial charge in [-0.15, -0.1) is 11.8 Å². The van der Waals surface area contributed by atoms with Crippen molar-refractivity contribution in [3.8, 4) is 0 Å². The molecule has 0 aromatic carbocycles. The van der Waals surface area contributed by atoms with Gasteiger partial charge in [0.25, 0.3) is 0 Å². The van der Waals surface area contributed by atoms with Crippen molar-refractivity contribution in [2.75, 3.05) is 12.3 Å². The number of nitrogens with zero attached hydrogens (tertiary/aromatic N) is 1. The van der Waals surface area contributed by atoms with Gasteiger partial charge in [0.15, 0.2) is 0 Å². The van der Waals surface area contributed by atoms with Crippen molar-refractivity contribution in [3.05, 3.63) is 35.5 Å². The SMILES string of the molecule is C=C(CNC(C)(C)C)CSc1ccc(Cl)cn1. The van der Waals surface area contributed by atoms with Gasteiger partial charge in [-0.3, -0.25) is 0 Å². The Bertz CT molecular complexity index is 368. The van der Waals surface area contributed by atoms with Crippen LogP contribution >= 0.6 is 23.4 Å². The number of halogens is 1. The van der Waals surface area contributed by atoms with Gasteiger partial charge in [-0.1, -0.05) is 23.8 Å². The maximum Gasteiger partial charge on any atom is 0.0964 e. The van der Waals surface area contributed by atoms with Gasteiger partial charge in [-0.2, -0.15) is 0 Å². The van der Waals surface area contributed by atoms with E-state index in [1.165, 1.54) is 5.57 Å². The molecule has 2 nitrogen and oxygen atoms in total. The first kappa shape index (κ1) is 14.6. The van der Waals surface area contributed by atoms with Crippen LogP contribution in [0.25, 0.3) is 0 Å². The molecule has 0 aliphatic heterocycles. The normalized spacial score (nSPS) is 11.5. The van der Waals surface area contributed by atoms with Gasteiger partial charge in [-0.05, 0) is 32.9 Å². The molecule has 1 aromatic rings. The number of hydrogen-bond acceptors (Lipinski definition) is 3. The summed E-state index contributed by atoms with van der Waals surface area (Å²) in [5.41, 5.74) is 1.30. The van der Waals surface area contributed by atoms with Crippen molar-refractivity contribution < 1.29 is 0 Å². The molecule has 0 spiro atoms. The Hall–Kier alpha value is -0.510. The van der Waals surface area contributed by atoms with Crippen LogP contribution in [0.15, 0.2) is 35.5 Å². The van der Waals surface area contributed by atoms with Crippen LogP contribution in [0.4, 0.5) is 0 Å². The quantitative estimate of drug-likeness (QED) is 0.651. The van der Waals surface area contributed by atoms with E-state index in [9.17, 15) is 0 Å². The zero-order valence-corrected chi connectivity index (χ0v) is 12.2. The smallest absolute Gasteiger partial charge is 0.0964 e. The summed E-state index contributed by atoms with van der Waals surface area (Å²) in [5.74, 6) is 0.873. The van der Waals surface area contributed by atoms with Crippen molar-refractivity contribution in [2.45, 2.75) is 31.3 Å². The lowest BCUT2D eigenvalue weighted by Gasteiger charge is -2.21. The van der Waals surface area contributed by atoms with Crippen LogP contribution < -0.4 is 5.32 Å². The molecule has 0 bridgehead atoms. The predicted octanol–water partition coefficient (Wildman–Crippen LogP) is 3.77. The third kappa shape index (κ3) is 6.71. The Kier molecular flexibility index (Phi) is 5.50. The molecule has 0 atom stereocenters. The first-order valence-corrected chi connectivity index (χ1v) is 6.89. The molecule has 4 heteroatoms. The molecule has 1 heterocycles. The molecule has 0 radical (unpaired) electrons. The summed E-state index contributed by atoms with van der Waals surface area (Å²) in [5, 5.41) is 5.06. The van der Waals surface area contributed by atoms with E-state index < -0.39 is 0 Å². The maximum atomic E-state index is 5.77. The monoisotopic (exact) mass is 270 g/mol. The van der Waals surface area contributed by atoms with Crippen LogP contribution in [0.3, 0.4) is 0 Å². The first-order valence-electron chi connectivity index (χ1n) is 5.53. The van der Waals surface area contributed by atoms with Crippen LogP contribution in [-0.4, -0.2) is 22.8 Å². The molecule has 0 fully saturated rings. The van der Waals surface area contributed by atoms with Gasteiger partial charge in [-0.25, -0.2) is 4.98 Å². The van der Waals surface area contributed by atoms with E-state index >= 15 is 0 Å². The Morgan fingerprint density at radius 3 is 2.71 bits per heavy atom. The molecule has 0 saturated heterocycles. The lowest BCUT2D eigenvalue weighted by atomic mass is 10.1. The summed E-state index contributed by atoms with van der Waals surface area (Å²) < 4.78 is 0. The fourth-order valence-electron chi connectivity index (χ4n) is 1.06. The highest BCUT2D eigenvalue weighted by Crippen LogP contribution is 2.19. The van der Waals surface area contributed by atoms with E-state index in [1.54, 1.807) is 18.0 Å². The van der Waals surface area contributed by atoms with E-state index in [4.69, 9.17) is 11.6 Å². The molecular weight excluding hydrogens is 252 g/mol. The molecule has 0 amide bonds. The topological polar surface area (TPSA) is 24.9 Å². The standard InChI is InChI=1S/C13H19ClN2S/c1-10(7-16-13(2,3)4)9-17-12-6-5-11(14)8-15-12/h5-6,8,16H,1,7,9H2,2-4H3. The second-order valence-corrected chi connectivity index (χ2v) is 6.39. The van der Waals surface area contributed by atoms with Crippen LogP contribution in [0.1, 0.15) is 20.8 Å². The average molecular weight is 271 g/mol. The molecule has 1 aromatic heterocycles. The van der Waals surface area contributed by atoms with Crippen molar-refractivity contribution in [1.29, 1.82) is 0 Å². The Labute approximate surface area is 113 Å². The minimum Gasteiger partial charge on any atom is -0.308 e. The Morgan fingerprint density at radius 1 is 1.47 bits per heavy atom. The zero-order valence-electron chi connectivity index (χ0n) is 10.6. The van der Waals surface area contributed by atoms with Crippen LogP contribution in [0.2, 0.25) is 5.02 Å². The number of rotatable bonds is 5. The van der Waals surface area contributed by atoms with Gasteiger partial charge in [0.1, 0.15) is 0 Å². The molecule has 0 aliphatic carbocycles. The van der Waals surface area contributed by atoms with Crippen LogP contribution in [0.5, 0.6) is 0 Å². The minimum atomic E-state index is 0.131. The summed E-state index contributed by atoms with van der Waals surface area (Å²) in [6, 6.07) is 3.78. The second kappa shape index (κ2) is 6.43. The lowest BCUT2D eigenvalue weighted by molar-refractivity contribution is 0.445. The summed E-state index contributed by atoms with van der Waals surface area (Å²) in [4.78, 5) is 4.23. The van der Waals surface area contributed by atoms with Gasteiger partial charge in [0.05, 0.1) is 10.0 Å². The average Bonchev–Trinajstić information content (AvgIpc) is 2.25. The van der Waals surface area contributed by atoms with E-state index in [-0.39, 0.29) is 5.54 Å².